The molecule has 0 unspecified atom stereocenters. The fourth-order valence-electron chi connectivity index (χ4n) is 5.19. The molecule has 1 N–H and O–H groups in total. The Kier molecular flexibility index (Phi) is 8.85. The minimum Gasteiger partial charge on any atom is -0.442 e. The van der Waals surface area contributed by atoms with E-state index < -0.39 is 11.7 Å². The van der Waals surface area contributed by atoms with Crippen molar-refractivity contribution in [2.75, 3.05) is 6.54 Å². The van der Waals surface area contributed by atoms with Crippen LogP contribution in [0.1, 0.15) is 65.2 Å². The lowest BCUT2D eigenvalue weighted by Gasteiger charge is -2.21. The number of para-hydroxylation sites is 2. The highest BCUT2D eigenvalue weighted by Gasteiger charge is 2.24. The van der Waals surface area contributed by atoms with E-state index in [0.29, 0.717) is 29.9 Å². The molecule has 0 radical (unpaired) electrons. The van der Waals surface area contributed by atoms with Gasteiger partial charge in [0.15, 0.2) is 0 Å². The van der Waals surface area contributed by atoms with E-state index in [4.69, 9.17) is 9.26 Å². The summed E-state index contributed by atoms with van der Waals surface area (Å²) in [7, 11) is 0. The Morgan fingerprint density at radius 3 is 2.11 bits per heavy atom. The highest BCUT2D eigenvalue weighted by Crippen LogP contribution is 2.23. The Bertz CT molecular complexity index is 1840. The first-order valence-electron chi connectivity index (χ1n) is 14.8. The predicted molar refractivity (Wildman–Crippen MR) is 169 cm³/mol. The Hall–Kier alpha value is -4.92. The normalized spacial score (nSPS) is 12.8. The third-order valence-corrected chi connectivity index (χ3v) is 7.39. The summed E-state index contributed by atoms with van der Waals surface area (Å²) in [5.74, 6) is 0.160. The third-order valence-electron chi connectivity index (χ3n) is 7.39. The first kappa shape index (κ1) is 30.5. The molecular weight excluding hydrogens is 554 g/mol. The molecule has 2 heterocycles. The van der Waals surface area contributed by atoms with Gasteiger partial charge in [-0.15, -0.1) is 4.99 Å². The number of aryl methyl sites for hydroxylation is 3. The Balaban J connectivity index is 1.68. The van der Waals surface area contributed by atoms with Crippen molar-refractivity contribution in [3.8, 4) is 0 Å². The summed E-state index contributed by atoms with van der Waals surface area (Å²) >= 11 is 0. The van der Waals surface area contributed by atoms with Crippen LogP contribution < -0.4 is 10.9 Å². The van der Waals surface area contributed by atoms with Crippen molar-refractivity contribution >= 4 is 23.0 Å². The number of hydrogen-bond donors (Lipinski definition) is 1. The number of carbonyl (C=O) groups is 2. The lowest BCUT2D eigenvalue weighted by molar-refractivity contribution is 0.0592. The molecule has 44 heavy (non-hydrogen) atoms. The van der Waals surface area contributed by atoms with Gasteiger partial charge in [0.05, 0.1) is 29.8 Å². The van der Waals surface area contributed by atoms with E-state index in [2.05, 4.69) is 70.9 Å². The Labute approximate surface area is 257 Å². The van der Waals surface area contributed by atoms with Crippen LogP contribution >= 0.6 is 0 Å². The lowest BCUT2D eigenvalue weighted by atomic mass is 10.0. The van der Waals surface area contributed by atoms with E-state index >= 15 is 0 Å². The molecule has 2 aromatic heterocycles. The zero-order valence-corrected chi connectivity index (χ0v) is 26.1. The van der Waals surface area contributed by atoms with Gasteiger partial charge in [0.25, 0.3) is 5.91 Å². The van der Waals surface area contributed by atoms with Crippen LogP contribution in [0.3, 0.4) is 0 Å². The molecule has 0 bridgehead atoms. The van der Waals surface area contributed by atoms with E-state index in [1.165, 1.54) is 6.20 Å². The Morgan fingerprint density at radius 1 is 0.909 bits per heavy atom. The molecule has 0 saturated carbocycles. The first-order chi connectivity index (χ1) is 21.0. The standard InChI is InChI=1S/C35H39N5O4/c1-23-11-15-26(16-12-23)19-28(20-36-32(41)29-21-37-44-25(29)3)40-31-10-8-7-9-30(31)39(22-27-17-13-24(2)14-18-27)33(40)38-34(42)43-35(4,5)6/h7-18,21,28H,19-20,22H2,1-6H3,(H,36,41)/t28-/m0/s1. The maximum Gasteiger partial charge on any atom is 0.437 e. The summed E-state index contributed by atoms with van der Waals surface area (Å²) in [6.45, 7) is 12.0. The number of nitrogens with one attached hydrogen (secondary N) is 1. The van der Waals surface area contributed by atoms with Crippen LogP contribution in [-0.4, -0.2) is 38.4 Å². The van der Waals surface area contributed by atoms with Crippen LogP contribution in [0.2, 0.25) is 0 Å². The van der Waals surface area contributed by atoms with Crippen molar-refractivity contribution in [1.82, 2.24) is 19.6 Å². The van der Waals surface area contributed by atoms with Crippen LogP contribution in [0.4, 0.5) is 4.79 Å². The molecule has 5 rings (SSSR count). The first-order valence-corrected chi connectivity index (χ1v) is 14.8. The zero-order valence-electron chi connectivity index (χ0n) is 26.1. The van der Waals surface area contributed by atoms with Gasteiger partial charge in [0.1, 0.15) is 16.9 Å². The zero-order chi connectivity index (χ0) is 31.4. The number of amides is 2. The fraction of sp³-hybridized carbons (Fsp3) is 0.314. The van der Waals surface area contributed by atoms with Gasteiger partial charge in [-0.2, -0.15) is 0 Å². The molecule has 0 fully saturated rings. The van der Waals surface area contributed by atoms with Crippen LogP contribution in [0.5, 0.6) is 0 Å². The number of hydrogen-bond acceptors (Lipinski definition) is 5. The minimum atomic E-state index is -0.717. The van der Waals surface area contributed by atoms with Crippen molar-refractivity contribution in [1.29, 1.82) is 0 Å². The SMILES string of the molecule is Cc1ccc(C[C@@H](CNC(=O)c2cnoc2C)n2c(=NC(=O)OC(C)(C)C)n(Cc3ccc(C)cc3)c3ccccc32)cc1. The van der Waals surface area contributed by atoms with Crippen LogP contribution in [0.25, 0.3) is 11.0 Å². The fourth-order valence-corrected chi connectivity index (χ4v) is 5.19. The molecule has 5 aromatic rings. The van der Waals surface area contributed by atoms with Gasteiger partial charge in [-0.3, -0.25) is 4.79 Å². The topological polar surface area (TPSA) is 104 Å². The predicted octanol–water partition coefficient (Wildman–Crippen LogP) is 6.45. The van der Waals surface area contributed by atoms with Gasteiger partial charge in [0, 0.05) is 6.54 Å². The van der Waals surface area contributed by atoms with Crippen molar-refractivity contribution in [3.05, 3.63) is 118 Å². The van der Waals surface area contributed by atoms with Gasteiger partial charge in [-0.05, 0) is 71.2 Å². The smallest absolute Gasteiger partial charge is 0.437 e. The molecular formula is C35H39N5O4. The number of fused-ring (bicyclic) bond motifs is 1. The summed E-state index contributed by atoms with van der Waals surface area (Å²) in [4.78, 5) is 31.1. The van der Waals surface area contributed by atoms with Gasteiger partial charge in [-0.1, -0.05) is 76.9 Å². The number of aromatic nitrogens is 3. The number of imidazole rings is 1. The average molecular weight is 594 g/mol. The van der Waals surface area contributed by atoms with E-state index in [1.54, 1.807) is 6.92 Å². The average Bonchev–Trinajstić information content (AvgIpc) is 3.53. The van der Waals surface area contributed by atoms with Crippen LogP contribution in [0, 0.1) is 20.8 Å². The largest absolute Gasteiger partial charge is 0.442 e. The van der Waals surface area contributed by atoms with Gasteiger partial charge in [-0.25, -0.2) is 4.79 Å². The minimum absolute atomic E-state index is 0.261. The molecule has 3 aromatic carbocycles. The number of nitrogens with zero attached hydrogens (tertiary/aromatic N) is 4. The lowest BCUT2D eigenvalue weighted by Crippen LogP contribution is -2.38. The summed E-state index contributed by atoms with van der Waals surface area (Å²) in [6.07, 6.45) is 1.31. The van der Waals surface area contributed by atoms with E-state index in [-0.39, 0.29) is 18.5 Å². The number of ether oxygens (including phenoxy) is 1. The summed E-state index contributed by atoms with van der Waals surface area (Å²) in [6, 6.07) is 24.3. The second-order valence-corrected chi connectivity index (χ2v) is 12.2. The maximum absolute atomic E-state index is 13.3. The van der Waals surface area contributed by atoms with Crippen molar-refractivity contribution in [3.63, 3.8) is 0 Å². The number of carbonyl (C=O) groups excluding carboxylic acids is 2. The molecule has 1 atom stereocenters. The second kappa shape index (κ2) is 12.8. The molecule has 0 aliphatic carbocycles. The summed E-state index contributed by atoms with van der Waals surface area (Å²) in [5, 5.41) is 6.84. The molecule has 0 spiro atoms. The summed E-state index contributed by atoms with van der Waals surface area (Å²) in [5.41, 5.74) is 6.36. The van der Waals surface area contributed by atoms with Crippen molar-refractivity contribution < 1.29 is 18.8 Å². The molecule has 9 heteroatoms. The van der Waals surface area contributed by atoms with Gasteiger partial charge in [0.2, 0.25) is 5.62 Å². The van der Waals surface area contributed by atoms with Gasteiger partial charge < -0.3 is 23.7 Å². The molecule has 0 saturated heterocycles. The summed E-state index contributed by atoms with van der Waals surface area (Å²) < 4.78 is 14.9. The molecule has 9 nitrogen and oxygen atoms in total. The number of benzene rings is 3. The molecule has 0 aliphatic heterocycles. The van der Waals surface area contributed by atoms with Crippen LogP contribution in [0.15, 0.2) is 88.5 Å². The highest BCUT2D eigenvalue weighted by atomic mass is 16.6. The Morgan fingerprint density at radius 2 is 1.52 bits per heavy atom. The molecule has 0 aliphatic rings. The quantitative estimate of drug-likeness (QED) is 0.223. The van der Waals surface area contributed by atoms with Gasteiger partial charge >= 0.3 is 6.09 Å². The van der Waals surface area contributed by atoms with Crippen LogP contribution in [-0.2, 0) is 17.7 Å². The highest BCUT2D eigenvalue weighted by molar-refractivity contribution is 5.94. The van der Waals surface area contributed by atoms with E-state index in [1.807, 2.05) is 61.1 Å². The van der Waals surface area contributed by atoms with E-state index in [9.17, 15) is 9.59 Å². The third kappa shape index (κ3) is 7.16. The monoisotopic (exact) mass is 593 g/mol. The second-order valence-electron chi connectivity index (χ2n) is 12.2. The van der Waals surface area contributed by atoms with Crippen molar-refractivity contribution in [2.24, 2.45) is 4.99 Å². The molecule has 228 valence electrons. The molecule has 2 amide bonds. The number of rotatable bonds is 8. The van der Waals surface area contributed by atoms with Crippen molar-refractivity contribution in [2.45, 2.75) is 66.2 Å². The maximum atomic E-state index is 13.3. The van der Waals surface area contributed by atoms with E-state index in [0.717, 1.165) is 33.3 Å².